The monoisotopic (exact) mass is 269 g/mol. The first-order chi connectivity index (χ1) is 9.20. The van der Waals surface area contributed by atoms with Crippen LogP contribution in [0.3, 0.4) is 0 Å². The molecule has 3 aromatic rings. The van der Waals surface area contributed by atoms with Crippen molar-refractivity contribution in [2.45, 2.75) is 19.0 Å². The van der Waals surface area contributed by atoms with E-state index >= 15 is 0 Å². The van der Waals surface area contributed by atoms with Crippen molar-refractivity contribution in [1.82, 2.24) is 14.4 Å². The molecule has 0 atom stereocenters. The van der Waals surface area contributed by atoms with E-state index in [9.17, 15) is 0 Å². The fraction of sp³-hybridized carbons (Fsp3) is 0.200. The van der Waals surface area contributed by atoms with Crippen molar-refractivity contribution < 1.29 is 0 Å². The highest BCUT2D eigenvalue weighted by molar-refractivity contribution is 7.98. The van der Waals surface area contributed by atoms with E-state index in [1.165, 1.54) is 11.1 Å². The van der Waals surface area contributed by atoms with Gasteiger partial charge in [0.15, 0.2) is 5.16 Å². The van der Waals surface area contributed by atoms with Crippen LogP contribution < -0.4 is 0 Å². The van der Waals surface area contributed by atoms with E-state index in [-0.39, 0.29) is 0 Å². The number of benzene rings is 1. The second-order valence-corrected chi connectivity index (χ2v) is 5.35. The Labute approximate surface area is 116 Å². The summed E-state index contributed by atoms with van der Waals surface area (Å²) in [5, 5.41) is 0.964. The van der Waals surface area contributed by atoms with Crippen LogP contribution in [0.5, 0.6) is 0 Å². The minimum atomic E-state index is 0.964. The van der Waals surface area contributed by atoms with Crippen LogP contribution in [-0.4, -0.2) is 20.6 Å². The van der Waals surface area contributed by atoms with Crippen LogP contribution in [0.15, 0.2) is 41.9 Å². The van der Waals surface area contributed by atoms with E-state index in [1.807, 2.05) is 25.7 Å². The molecule has 0 bridgehead atoms. The Morgan fingerprint density at radius 2 is 1.79 bits per heavy atom. The minimum Gasteiger partial charge on any atom is -0.277 e. The van der Waals surface area contributed by atoms with Crippen molar-refractivity contribution in [3.8, 4) is 11.1 Å². The molecule has 4 heteroatoms. The molecule has 0 unspecified atom stereocenters. The topological polar surface area (TPSA) is 30.2 Å². The SMILES string of the molecule is CSc1ncc(-c2ccc(C)cc2)c2c(C)ncn12. The smallest absolute Gasteiger partial charge is 0.173 e. The molecule has 0 N–H and O–H groups in total. The van der Waals surface area contributed by atoms with Crippen LogP contribution in [-0.2, 0) is 0 Å². The average Bonchev–Trinajstić information content (AvgIpc) is 2.82. The Balaban J connectivity index is 2.30. The van der Waals surface area contributed by atoms with E-state index < -0.39 is 0 Å². The molecule has 0 radical (unpaired) electrons. The molecule has 0 spiro atoms. The lowest BCUT2D eigenvalue weighted by atomic mass is 10.0. The lowest BCUT2D eigenvalue weighted by Crippen LogP contribution is -1.95. The van der Waals surface area contributed by atoms with Gasteiger partial charge in [0.1, 0.15) is 6.33 Å². The van der Waals surface area contributed by atoms with Gasteiger partial charge in [-0.1, -0.05) is 41.6 Å². The second-order valence-electron chi connectivity index (χ2n) is 4.57. The van der Waals surface area contributed by atoms with Crippen molar-refractivity contribution >= 4 is 17.3 Å². The van der Waals surface area contributed by atoms with Crippen LogP contribution in [0.25, 0.3) is 16.6 Å². The summed E-state index contributed by atoms with van der Waals surface area (Å²) in [5.74, 6) is 0. The van der Waals surface area contributed by atoms with Gasteiger partial charge < -0.3 is 0 Å². The summed E-state index contributed by atoms with van der Waals surface area (Å²) in [6, 6.07) is 8.52. The Kier molecular flexibility index (Phi) is 3.03. The Bertz CT molecular complexity index is 729. The van der Waals surface area contributed by atoms with Crippen molar-refractivity contribution in [3.05, 3.63) is 48.0 Å². The molecule has 1 aromatic carbocycles. The van der Waals surface area contributed by atoms with Gasteiger partial charge in [0.05, 0.1) is 11.2 Å². The van der Waals surface area contributed by atoms with Gasteiger partial charge in [0.25, 0.3) is 0 Å². The van der Waals surface area contributed by atoms with Crippen LogP contribution in [0.2, 0.25) is 0 Å². The van der Waals surface area contributed by atoms with E-state index in [4.69, 9.17) is 0 Å². The van der Waals surface area contributed by atoms with Gasteiger partial charge in [-0.15, -0.1) is 0 Å². The number of aryl methyl sites for hydroxylation is 2. The van der Waals surface area contributed by atoms with E-state index in [0.29, 0.717) is 0 Å². The van der Waals surface area contributed by atoms with E-state index in [2.05, 4.69) is 45.6 Å². The van der Waals surface area contributed by atoms with Gasteiger partial charge in [-0.25, -0.2) is 9.97 Å². The standard InChI is InChI=1S/C15H15N3S/c1-10-4-6-12(7-5-10)13-8-16-15(19-3)18-9-17-11(2)14(13)18/h4-9H,1-3H3. The summed E-state index contributed by atoms with van der Waals surface area (Å²) in [7, 11) is 0. The minimum absolute atomic E-state index is 0.964. The maximum atomic E-state index is 4.52. The van der Waals surface area contributed by atoms with Gasteiger partial charge in [0.2, 0.25) is 0 Å². The molecule has 0 aliphatic rings. The fourth-order valence-corrected chi connectivity index (χ4v) is 2.74. The van der Waals surface area contributed by atoms with Crippen LogP contribution in [0, 0.1) is 13.8 Å². The zero-order valence-corrected chi connectivity index (χ0v) is 12.0. The Morgan fingerprint density at radius 1 is 1.05 bits per heavy atom. The summed E-state index contributed by atoms with van der Waals surface area (Å²) < 4.78 is 2.06. The Hall–Kier alpha value is -1.81. The molecule has 0 amide bonds. The highest BCUT2D eigenvalue weighted by Gasteiger charge is 2.11. The quantitative estimate of drug-likeness (QED) is 0.524. The van der Waals surface area contributed by atoms with Crippen molar-refractivity contribution in [2.75, 3.05) is 6.26 Å². The molecule has 2 heterocycles. The van der Waals surface area contributed by atoms with Gasteiger partial charge in [0, 0.05) is 11.8 Å². The second kappa shape index (κ2) is 4.70. The zero-order valence-electron chi connectivity index (χ0n) is 11.2. The van der Waals surface area contributed by atoms with Gasteiger partial charge in [-0.05, 0) is 25.7 Å². The summed E-state index contributed by atoms with van der Waals surface area (Å²) in [4.78, 5) is 8.94. The van der Waals surface area contributed by atoms with E-state index in [0.717, 1.165) is 21.9 Å². The summed E-state index contributed by atoms with van der Waals surface area (Å²) in [6.07, 6.45) is 5.82. The normalized spacial score (nSPS) is 11.1. The molecular formula is C15H15N3S. The number of fused-ring (bicyclic) bond motifs is 1. The molecule has 19 heavy (non-hydrogen) atoms. The number of rotatable bonds is 2. The van der Waals surface area contributed by atoms with Gasteiger partial charge in [-0.3, -0.25) is 4.40 Å². The largest absolute Gasteiger partial charge is 0.277 e. The van der Waals surface area contributed by atoms with Crippen LogP contribution in [0.4, 0.5) is 0 Å². The number of hydrogen-bond donors (Lipinski definition) is 0. The fourth-order valence-electron chi connectivity index (χ4n) is 2.25. The first-order valence-corrected chi connectivity index (χ1v) is 7.37. The first-order valence-electron chi connectivity index (χ1n) is 6.14. The maximum Gasteiger partial charge on any atom is 0.173 e. The van der Waals surface area contributed by atoms with Crippen molar-refractivity contribution in [3.63, 3.8) is 0 Å². The third-order valence-corrected chi connectivity index (χ3v) is 3.93. The first kappa shape index (κ1) is 12.2. The average molecular weight is 269 g/mol. The van der Waals surface area contributed by atoms with Crippen LogP contribution in [0.1, 0.15) is 11.3 Å². The molecule has 0 aliphatic heterocycles. The molecule has 2 aromatic heterocycles. The van der Waals surface area contributed by atoms with Gasteiger partial charge >= 0.3 is 0 Å². The predicted octanol–water partition coefficient (Wildman–Crippen LogP) is 3.74. The van der Waals surface area contributed by atoms with Crippen molar-refractivity contribution in [2.24, 2.45) is 0 Å². The molecule has 0 aliphatic carbocycles. The molecule has 3 rings (SSSR count). The summed E-state index contributed by atoms with van der Waals surface area (Å²) >= 11 is 1.63. The molecule has 0 saturated heterocycles. The molecule has 0 saturated carbocycles. The third-order valence-electron chi connectivity index (χ3n) is 3.26. The number of imidazole rings is 1. The highest BCUT2D eigenvalue weighted by atomic mass is 32.2. The number of thioether (sulfide) groups is 1. The lowest BCUT2D eigenvalue weighted by Gasteiger charge is -2.08. The summed E-state index contributed by atoms with van der Waals surface area (Å²) in [5.41, 5.74) is 5.75. The lowest BCUT2D eigenvalue weighted by molar-refractivity contribution is 0.901. The molecular weight excluding hydrogens is 254 g/mol. The third kappa shape index (κ3) is 2.02. The maximum absolute atomic E-state index is 4.52. The van der Waals surface area contributed by atoms with Gasteiger partial charge in [-0.2, -0.15) is 0 Å². The van der Waals surface area contributed by atoms with E-state index in [1.54, 1.807) is 11.8 Å². The number of aromatic nitrogens is 3. The molecule has 3 nitrogen and oxygen atoms in total. The molecule has 96 valence electrons. The highest BCUT2D eigenvalue weighted by Crippen LogP contribution is 2.28. The molecule has 0 fully saturated rings. The Morgan fingerprint density at radius 3 is 2.47 bits per heavy atom. The zero-order chi connectivity index (χ0) is 13.4. The number of nitrogens with zero attached hydrogens (tertiary/aromatic N) is 3. The predicted molar refractivity (Wildman–Crippen MR) is 79.7 cm³/mol. The van der Waals surface area contributed by atoms with Crippen molar-refractivity contribution in [1.29, 1.82) is 0 Å². The number of hydrogen-bond acceptors (Lipinski definition) is 3. The van der Waals surface area contributed by atoms with Crippen LogP contribution >= 0.6 is 11.8 Å². The summed E-state index contributed by atoms with van der Waals surface area (Å²) in [6.45, 7) is 4.13.